The van der Waals surface area contributed by atoms with Crippen molar-refractivity contribution in [1.29, 1.82) is 0 Å². The van der Waals surface area contributed by atoms with Crippen LogP contribution in [0.1, 0.15) is 6.92 Å². The second-order valence-corrected chi connectivity index (χ2v) is 5.01. The van der Waals surface area contributed by atoms with Crippen molar-refractivity contribution in [3.05, 3.63) is 23.5 Å². The highest BCUT2D eigenvalue weighted by atomic mass is 31.2. The van der Waals surface area contributed by atoms with E-state index in [0.29, 0.717) is 0 Å². The Hall–Kier alpha value is -0.490. The zero-order valence-electron chi connectivity index (χ0n) is 5.59. The van der Waals surface area contributed by atoms with Crippen LogP contribution in [0, 0.1) is 0 Å². The molecule has 1 aliphatic rings. The van der Waals surface area contributed by atoms with Crippen molar-refractivity contribution in [3.8, 4) is 0 Å². The second kappa shape index (κ2) is 2.03. The summed E-state index contributed by atoms with van der Waals surface area (Å²) in [7, 11) is -2.05. The lowest BCUT2D eigenvalue weighted by Gasteiger charge is -2.10. The Labute approximate surface area is 55.0 Å². The normalized spacial score (nSPS) is 33.3. The monoisotopic (exact) mass is 143 g/mol. The summed E-state index contributed by atoms with van der Waals surface area (Å²) in [5.74, 6) is 3.48. The van der Waals surface area contributed by atoms with Gasteiger partial charge in [-0.05, 0) is 25.2 Å². The highest BCUT2D eigenvalue weighted by molar-refractivity contribution is 7.69. The van der Waals surface area contributed by atoms with Gasteiger partial charge in [0.1, 0.15) is 7.14 Å². The van der Waals surface area contributed by atoms with Gasteiger partial charge in [-0.2, -0.15) is 0 Å². The molecule has 2 nitrogen and oxygen atoms in total. The van der Waals surface area contributed by atoms with Gasteiger partial charge in [0.2, 0.25) is 0 Å². The summed E-state index contributed by atoms with van der Waals surface area (Å²) in [6, 6.07) is 0. The van der Waals surface area contributed by atoms with Gasteiger partial charge in [0.25, 0.3) is 0 Å². The van der Waals surface area contributed by atoms with Crippen LogP contribution < -0.4 is 5.32 Å². The molecule has 0 fully saturated rings. The molecule has 9 heavy (non-hydrogen) atoms. The smallest absolute Gasteiger partial charge is 0.129 e. The predicted molar refractivity (Wildman–Crippen MR) is 39.6 cm³/mol. The highest BCUT2D eigenvalue weighted by Gasteiger charge is 2.09. The predicted octanol–water partition coefficient (Wildman–Crippen LogP) is 1.92. The van der Waals surface area contributed by atoms with E-state index >= 15 is 0 Å². The maximum absolute atomic E-state index is 11.2. The van der Waals surface area contributed by atoms with Crippen molar-refractivity contribution in [2.45, 2.75) is 6.92 Å². The lowest BCUT2D eigenvalue weighted by molar-refractivity contribution is 0.589. The molecule has 0 aliphatic carbocycles. The van der Waals surface area contributed by atoms with Gasteiger partial charge in [-0.25, -0.2) is 0 Å². The first-order valence-corrected chi connectivity index (χ1v) is 5.10. The van der Waals surface area contributed by atoms with Crippen LogP contribution in [0.5, 0.6) is 0 Å². The van der Waals surface area contributed by atoms with Crippen molar-refractivity contribution >= 4 is 7.14 Å². The molecule has 1 aliphatic heterocycles. The molecule has 0 saturated carbocycles. The topological polar surface area (TPSA) is 29.1 Å². The molecular formula is C6H10NOP. The van der Waals surface area contributed by atoms with E-state index in [1.807, 2.05) is 6.92 Å². The molecule has 1 heterocycles. The van der Waals surface area contributed by atoms with Crippen LogP contribution in [0.2, 0.25) is 0 Å². The molecule has 0 saturated heterocycles. The molecule has 0 spiro atoms. The number of hydrogen-bond acceptors (Lipinski definition) is 2. The first-order valence-electron chi connectivity index (χ1n) is 2.81. The van der Waals surface area contributed by atoms with Gasteiger partial charge in [0, 0.05) is 11.9 Å². The standard InChI is InChI=1S/C6H10NOP/c1-6-5-9(2,8)4-3-7-6/h3-5,7H,1-2H3. The lowest BCUT2D eigenvalue weighted by atomic mass is 10.6. The Balaban J connectivity index is 2.91. The van der Waals surface area contributed by atoms with Crippen molar-refractivity contribution in [3.63, 3.8) is 0 Å². The number of nitrogens with one attached hydrogen (secondary N) is 1. The minimum Gasteiger partial charge on any atom is -0.365 e. The second-order valence-electron chi connectivity index (χ2n) is 2.33. The number of hydrogen-bond donors (Lipinski definition) is 1. The van der Waals surface area contributed by atoms with Crippen LogP contribution in [0.15, 0.2) is 23.5 Å². The Morgan fingerprint density at radius 2 is 2.33 bits per heavy atom. The Bertz CT molecular complexity index is 217. The molecule has 1 unspecified atom stereocenters. The van der Waals surface area contributed by atoms with Crippen molar-refractivity contribution in [1.82, 2.24) is 5.32 Å². The summed E-state index contributed by atoms with van der Waals surface area (Å²) in [4.78, 5) is 0. The minimum atomic E-state index is -2.05. The van der Waals surface area contributed by atoms with Crippen LogP contribution >= 0.6 is 7.14 Å². The molecule has 0 amide bonds. The van der Waals surface area contributed by atoms with Crippen LogP contribution in [0.4, 0.5) is 0 Å². The molecule has 0 aromatic carbocycles. The molecule has 0 bridgehead atoms. The van der Waals surface area contributed by atoms with E-state index in [1.165, 1.54) is 0 Å². The van der Waals surface area contributed by atoms with Crippen LogP contribution in [-0.4, -0.2) is 6.66 Å². The van der Waals surface area contributed by atoms with Crippen LogP contribution in [0.3, 0.4) is 0 Å². The van der Waals surface area contributed by atoms with Gasteiger partial charge in [-0.1, -0.05) is 0 Å². The Morgan fingerprint density at radius 1 is 1.67 bits per heavy atom. The largest absolute Gasteiger partial charge is 0.365 e. The van der Waals surface area contributed by atoms with Gasteiger partial charge >= 0.3 is 0 Å². The summed E-state index contributed by atoms with van der Waals surface area (Å²) in [6.45, 7) is 3.65. The van der Waals surface area contributed by atoms with Gasteiger partial charge in [-0.3, -0.25) is 0 Å². The van der Waals surface area contributed by atoms with Crippen molar-refractivity contribution in [2.24, 2.45) is 0 Å². The quantitative estimate of drug-likeness (QED) is 0.525. The molecule has 0 radical (unpaired) electrons. The average Bonchev–Trinajstić information content (AvgIpc) is 1.60. The molecule has 3 heteroatoms. The van der Waals surface area contributed by atoms with E-state index in [4.69, 9.17) is 0 Å². The van der Waals surface area contributed by atoms with Gasteiger partial charge < -0.3 is 9.88 Å². The van der Waals surface area contributed by atoms with Crippen molar-refractivity contribution < 1.29 is 4.57 Å². The third-order valence-electron chi connectivity index (χ3n) is 1.13. The maximum atomic E-state index is 11.2. The maximum Gasteiger partial charge on any atom is 0.129 e. The van der Waals surface area contributed by atoms with E-state index in [2.05, 4.69) is 5.32 Å². The fourth-order valence-corrected chi connectivity index (χ4v) is 2.08. The van der Waals surface area contributed by atoms with Gasteiger partial charge in [0.05, 0.1) is 0 Å². The fourth-order valence-electron chi connectivity index (χ4n) is 0.782. The SMILES string of the molecule is CC1=CP(C)(=O)C=CN1. The van der Waals surface area contributed by atoms with Crippen molar-refractivity contribution in [2.75, 3.05) is 6.66 Å². The molecule has 1 N–H and O–H groups in total. The van der Waals surface area contributed by atoms with Crippen LogP contribution in [0.25, 0.3) is 0 Å². The number of rotatable bonds is 0. The first-order chi connectivity index (χ1) is 4.10. The first kappa shape index (κ1) is 6.63. The van der Waals surface area contributed by atoms with E-state index in [-0.39, 0.29) is 0 Å². The molecule has 1 rings (SSSR count). The highest BCUT2D eigenvalue weighted by Crippen LogP contribution is 2.46. The molecule has 0 aromatic heterocycles. The van der Waals surface area contributed by atoms with E-state index in [0.717, 1.165) is 5.70 Å². The average molecular weight is 143 g/mol. The van der Waals surface area contributed by atoms with E-state index in [1.54, 1.807) is 24.5 Å². The van der Waals surface area contributed by atoms with Gasteiger partial charge in [-0.15, -0.1) is 0 Å². The summed E-state index contributed by atoms with van der Waals surface area (Å²) >= 11 is 0. The van der Waals surface area contributed by atoms with Crippen LogP contribution in [-0.2, 0) is 4.57 Å². The third-order valence-corrected chi connectivity index (χ3v) is 2.77. The lowest BCUT2D eigenvalue weighted by Crippen LogP contribution is -2.03. The number of allylic oxidation sites excluding steroid dienone is 1. The fraction of sp³-hybridized carbons (Fsp3) is 0.333. The summed E-state index contributed by atoms with van der Waals surface area (Å²) < 4.78 is 11.2. The molecule has 1 atom stereocenters. The summed E-state index contributed by atoms with van der Waals surface area (Å²) in [6.07, 6.45) is 1.73. The van der Waals surface area contributed by atoms with E-state index in [9.17, 15) is 4.57 Å². The van der Waals surface area contributed by atoms with E-state index < -0.39 is 7.14 Å². The minimum absolute atomic E-state index is 0.975. The summed E-state index contributed by atoms with van der Waals surface area (Å²) in [5, 5.41) is 2.95. The Kier molecular flexibility index (Phi) is 1.50. The molecule has 50 valence electrons. The zero-order valence-corrected chi connectivity index (χ0v) is 6.48. The summed E-state index contributed by atoms with van der Waals surface area (Å²) in [5.41, 5.74) is 0.975. The zero-order chi connectivity index (χ0) is 6.91. The van der Waals surface area contributed by atoms with Gasteiger partial charge in [0.15, 0.2) is 0 Å². The Morgan fingerprint density at radius 3 is 2.67 bits per heavy atom. The molecular weight excluding hydrogens is 133 g/mol. The molecule has 0 aromatic rings. The third kappa shape index (κ3) is 1.72.